The molecule has 2 heterocycles. The fourth-order valence-corrected chi connectivity index (χ4v) is 2.04. The van der Waals surface area contributed by atoms with E-state index in [1.165, 1.54) is 0 Å². The Labute approximate surface area is 118 Å². The molecular weight excluding hydrogens is 248 g/mol. The number of nitrogens with zero attached hydrogens (tertiary/aromatic N) is 3. The zero-order valence-electron chi connectivity index (χ0n) is 11.5. The molecule has 20 heavy (non-hydrogen) atoms. The molecule has 0 unspecified atom stereocenters. The van der Waals surface area contributed by atoms with Gasteiger partial charge >= 0.3 is 0 Å². The van der Waals surface area contributed by atoms with Crippen molar-refractivity contribution in [1.29, 1.82) is 0 Å². The highest BCUT2D eigenvalue weighted by molar-refractivity contribution is 5.55. The Hall–Kier alpha value is -2.62. The predicted octanol–water partition coefficient (Wildman–Crippen LogP) is 3.63. The highest BCUT2D eigenvalue weighted by Gasteiger charge is 2.07. The topological polar surface area (TPSA) is 42.7 Å². The van der Waals surface area contributed by atoms with Gasteiger partial charge in [-0.25, -0.2) is 4.98 Å². The van der Waals surface area contributed by atoms with Gasteiger partial charge in [0.1, 0.15) is 0 Å². The molecular formula is C16H16N4. The maximum absolute atomic E-state index is 4.53. The molecule has 2 aromatic heterocycles. The van der Waals surface area contributed by atoms with Gasteiger partial charge in [-0.2, -0.15) is 0 Å². The smallest absolute Gasteiger partial charge is 0.212 e. The van der Waals surface area contributed by atoms with E-state index in [1.54, 1.807) is 0 Å². The van der Waals surface area contributed by atoms with Crippen molar-refractivity contribution in [2.45, 2.75) is 13.8 Å². The van der Waals surface area contributed by atoms with Gasteiger partial charge in [-0.15, -0.1) is 0 Å². The summed E-state index contributed by atoms with van der Waals surface area (Å²) in [5.41, 5.74) is 3.98. The molecule has 0 aliphatic heterocycles. The first kappa shape index (κ1) is 12.4. The van der Waals surface area contributed by atoms with E-state index in [1.807, 2.05) is 61.1 Å². The molecule has 3 aromatic rings. The number of pyridine rings is 1. The average molecular weight is 264 g/mol. The number of para-hydroxylation sites is 1. The predicted molar refractivity (Wildman–Crippen MR) is 80.6 cm³/mol. The highest BCUT2D eigenvalue weighted by atomic mass is 15.2. The van der Waals surface area contributed by atoms with E-state index in [0.717, 1.165) is 28.7 Å². The summed E-state index contributed by atoms with van der Waals surface area (Å²) < 4.78 is 2.04. The lowest BCUT2D eigenvalue weighted by atomic mass is 10.3. The second kappa shape index (κ2) is 5.17. The second-order valence-corrected chi connectivity index (χ2v) is 4.72. The van der Waals surface area contributed by atoms with E-state index < -0.39 is 0 Å². The molecule has 0 saturated carbocycles. The summed E-state index contributed by atoms with van der Waals surface area (Å²) in [6.07, 6.45) is 3.83. The quantitative estimate of drug-likeness (QED) is 0.785. The fourth-order valence-electron chi connectivity index (χ4n) is 2.04. The van der Waals surface area contributed by atoms with Gasteiger partial charge in [0, 0.05) is 17.6 Å². The van der Waals surface area contributed by atoms with Gasteiger partial charge in [0.2, 0.25) is 5.95 Å². The first-order valence-corrected chi connectivity index (χ1v) is 6.53. The average Bonchev–Trinajstić information content (AvgIpc) is 2.83. The van der Waals surface area contributed by atoms with Crippen LogP contribution in [0.15, 0.2) is 54.9 Å². The van der Waals surface area contributed by atoms with Crippen molar-refractivity contribution in [2.75, 3.05) is 5.32 Å². The van der Waals surface area contributed by atoms with Crippen LogP contribution in [0.25, 0.3) is 5.69 Å². The molecule has 0 fully saturated rings. The van der Waals surface area contributed by atoms with E-state index in [9.17, 15) is 0 Å². The zero-order valence-corrected chi connectivity index (χ0v) is 11.5. The van der Waals surface area contributed by atoms with Crippen LogP contribution in [0.5, 0.6) is 0 Å². The Morgan fingerprint density at radius 2 is 1.75 bits per heavy atom. The van der Waals surface area contributed by atoms with Crippen LogP contribution < -0.4 is 5.32 Å². The number of rotatable bonds is 3. The van der Waals surface area contributed by atoms with Gasteiger partial charge in [-0.05, 0) is 38.1 Å². The Bertz CT molecular complexity index is 699. The Morgan fingerprint density at radius 1 is 0.950 bits per heavy atom. The lowest BCUT2D eigenvalue weighted by molar-refractivity contribution is 1.06. The fraction of sp³-hybridized carbons (Fsp3) is 0.125. The lowest BCUT2D eigenvalue weighted by Crippen LogP contribution is -2.01. The van der Waals surface area contributed by atoms with Crippen LogP contribution in [0.2, 0.25) is 0 Å². The second-order valence-electron chi connectivity index (χ2n) is 4.72. The minimum Gasteiger partial charge on any atom is -0.324 e. The van der Waals surface area contributed by atoms with Crippen LogP contribution in [0.1, 0.15) is 11.4 Å². The van der Waals surface area contributed by atoms with Crippen molar-refractivity contribution in [3.05, 3.63) is 66.2 Å². The lowest BCUT2D eigenvalue weighted by Gasteiger charge is -2.09. The van der Waals surface area contributed by atoms with Crippen molar-refractivity contribution in [2.24, 2.45) is 0 Å². The third-order valence-electron chi connectivity index (χ3n) is 3.03. The van der Waals surface area contributed by atoms with Crippen LogP contribution in [0.3, 0.4) is 0 Å². The van der Waals surface area contributed by atoms with Gasteiger partial charge in [-0.1, -0.05) is 18.2 Å². The van der Waals surface area contributed by atoms with Gasteiger partial charge in [0.15, 0.2) is 0 Å². The summed E-state index contributed by atoms with van der Waals surface area (Å²) in [5.74, 6) is 0.791. The first-order valence-electron chi connectivity index (χ1n) is 6.53. The van der Waals surface area contributed by atoms with Crippen molar-refractivity contribution < 1.29 is 0 Å². The summed E-state index contributed by atoms with van der Waals surface area (Å²) in [7, 11) is 0. The normalized spacial score (nSPS) is 10.5. The van der Waals surface area contributed by atoms with Gasteiger partial charge in [-0.3, -0.25) is 9.55 Å². The van der Waals surface area contributed by atoms with Crippen molar-refractivity contribution in [3.63, 3.8) is 0 Å². The zero-order chi connectivity index (χ0) is 13.9. The number of hydrogen-bond donors (Lipinski definition) is 1. The van der Waals surface area contributed by atoms with E-state index in [0.29, 0.717) is 0 Å². The third kappa shape index (κ3) is 2.54. The molecule has 0 radical (unpaired) electrons. The minimum atomic E-state index is 0.791. The van der Waals surface area contributed by atoms with E-state index >= 15 is 0 Å². The Morgan fingerprint density at radius 3 is 2.45 bits per heavy atom. The summed E-state index contributed by atoms with van der Waals surface area (Å²) in [6, 6.07) is 14.1. The standard InChI is InChI=1S/C16H16N4/c1-12-8-9-14(10-17-12)19-16-18-13(2)11-20(16)15-6-4-3-5-7-15/h3-11H,1-2H3,(H,18,19). The van der Waals surface area contributed by atoms with Crippen LogP contribution in [-0.4, -0.2) is 14.5 Å². The molecule has 0 saturated heterocycles. The van der Waals surface area contributed by atoms with Gasteiger partial charge in [0.05, 0.1) is 17.6 Å². The van der Waals surface area contributed by atoms with Crippen molar-refractivity contribution in [1.82, 2.24) is 14.5 Å². The van der Waals surface area contributed by atoms with Crippen LogP contribution in [0, 0.1) is 13.8 Å². The minimum absolute atomic E-state index is 0.791. The molecule has 0 bridgehead atoms. The molecule has 0 aliphatic carbocycles. The Balaban J connectivity index is 1.96. The number of anilines is 2. The summed E-state index contributed by atoms with van der Waals surface area (Å²) in [6.45, 7) is 3.96. The van der Waals surface area contributed by atoms with Crippen molar-refractivity contribution >= 4 is 11.6 Å². The summed E-state index contributed by atoms with van der Waals surface area (Å²) >= 11 is 0. The van der Waals surface area contributed by atoms with Crippen LogP contribution >= 0.6 is 0 Å². The molecule has 1 N–H and O–H groups in total. The molecule has 0 atom stereocenters. The van der Waals surface area contributed by atoms with Crippen LogP contribution in [0.4, 0.5) is 11.6 Å². The molecule has 1 aromatic carbocycles. The number of hydrogen-bond acceptors (Lipinski definition) is 3. The maximum Gasteiger partial charge on any atom is 0.212 e. The molecule has 0 aliphatic rings. The van der Waals surface area contributed by atoms with Gasteiger partial charge < -0.3 is 5.32 Å². The van der Waals surface area contributed by atoms with Crippen molar-refractivity contribution in [3.8, 4) is 5.69 Å². The number of aryl methyl sites for hydroxylation is 2. The number of nitrogens with one attached hydrogen (secondary N) is 1. The summed E-state index contributed by atoms with van der Waals surface area (Å²) in [4.78, 5) is 8.81. The molecule has 4 nitrogen and oxygen atoms in total. The van der Waals surface area contributed by atoms with E-state index in [2.05, 4.69) is 27.4 Å². The SMILES string of the molecule is Cc1ccc(Nc2nc(C)cn2-c2ccccc2)cn1. The highest BCUT2D eigenvalue weighted by Crippen LogP contribution is 2.20. The molecule has 0 spiro atoms. The van der Waals surface area contributed by atoms with E-state index in [-0.39, 0.29) is 0 Å². The summed E-state index contributed by atoms with van der Waals surface area (Å²) in [5, 5.41) is 3.31. The maximum atomic E-state index is 4.53. The van der Waals surface area contributed by atoms with Gasteiger partial charge in [0.25, 0.3) is 0 Å². The molecule has 0 amide bonds. The third-order valence-corrected chi connectivity index (χ3v) is 3.03. The molecule has 100 valence electrons. The monoisotopic (exact) mass is 264 g/mol. The largest absolute Gasteiger partial charge is 0.324 e. The number of benzene rings is 1. The Kier molecular flexibility index (Phi) is 3.21. The van der Waals surface area contributed by atoms with Crippen LogP contribution in [-0.2, 0) is 0 Å². The first-order chi connectivity index (χ1) is 9.72. The van der Waals surface area contributed by atoms with E-state index in [4.69, 9.17) is 0 Å². The number of imidazole rings is 1. The molecule has 3 rings (SSSR count). The molecule has 4 heteroatoms. The number of aromatic nitrogens is 3.